The number of amides is 1. The summed E-state index contributed by atoms with van der Waals surface area (Å²) in [6.07, 6.45) is 0.986. The van der Waals surface area contributed by atoms with Gasteiger partial charge in [0.1, 0.15) is 24.3 Å². The van der Waals surface area contributed by atoms with Crippen molar-refractivity contribution in [3.63, 3.8) is 0 Å². The molecule has 0 saturated carbocycles. The van der Waals surface area contributed by atoms with Gasteiger partial charge in [0.05, 0.1) is 13.1 Å². The molecule has 1 aliphatic rings. The lowest BCUT2D eigenvalue weighted by Gasteiger charge is -2.32. The summed E-state index contributed by atoms with van der Waals surface area (Å²) in [5, 5.41) is 16.6. The number of carbonyl (C=O) groups excluding carboxylic acids is 1. The van der Waals surface area contributed by atoms with Gasteiger partial charge in [0, 0.05) is 25.7 Å². The van der Waals surface area contributed by atoms with Crippen molar-refractivity contribution in [1.82, 2.24) is 15.5 Å². The van der Waals surface area contributed by atoms with Crippen LogP contribution in [-0.4, -0.2) is 73.3 Å². The molecule has 1 saturated heterocycles. The maximum atomic E-state index is 12.9. The van der Waals surface area contributed by atoms with Gasteiger partial charge < -0.3 is 26.2 Å². The first-order valence-electron chi connectivity index (χ1n) is 9.58. The van der Waals surface area contributed by atoms with E-state index in [4.69, 9.17) is 10.5 Å². The van der Waals surface area contributed by atoms with Crippen LogP contribution in [0.3, 0.4) is 0 Å². The van der Waals surface area contributed by atoms with Gasteiger partial charge in [-0.05, 0) is 44.0 Å². The number of halogens is 2. The quantitative estimate of drug-likeness (QED) is 0.215. The number of guanidine groups is 1. The van der Waals surface area contributed by atoms with Crippen LogP contribution in [0.1, 0.15) is 19.8 Å². The van der Waals surface area contributed by atoms with Crippen LogP contribution in [0.5, 0.6) is 5.75 Å². The minimum atomic E-state index is -0.780. The lowest BCUT2D eigenvalue weighted by atomic mass is 10.1. The molecule has 1 atom stereocenters. The second-order valence-corrected chi connectivity index (χ2v) is 6.80. The fourth-order valence-corrected chi connectivity index (χ4v) is 2.94. The van der Waals surface area contributed by atoms with E-state index in [1.807, 2.05) is 11.8 Å². The van der Waals surface area contributed by atoms with Gasteiger partial charge in [0.15, 0.2) is 5.96 Å². The van der Waals surface area contributed by atoms with Crippen molar-refractivity contribution < 1.29 is 19.0 Å². The number of ether oxygens (including phenoxy) is 1. The van der Waals surface area contributed by atoms with Gasteiger partial charge in [0.2, 0.25) is 5.91 Å². The Kier molecular flexibility index (Phi) is 11.9. The number of hydrogen-bond acceptors (Lipinski definition) is 5. The van der Waals surface area contributed by atoms with Crippen molar-refractivity contribution in [2.75, 3.05) is 39.3 Å². The van der Waals surface area contributed by atoms with Crippen LogP contribution in [0.15, 0.2) is 29.3 Å². The smallest absolute Gasteiger partial charge is 0.231 e. The van der Waals surface area contributed by atoms with E-state index in [1.165, 1.54) is 24.3 Å². The highest BCUT2D eigenvalue weighted by atomic mass is 127. The molecule has 0 aliphatic carbocycles. The van der Waals surface area contributed by atoms with Gasteiger partial charge in [-0.2, -0.15) is 0 Å². The van der Waals surface area contributed by atoms with Gasteiger partial charge >= 0.3 is 0 Å². The highest BCUT2D eigenvalue weighted by Crippen LogP contribution is 2.11. The van der Waals surface area contributed by atoms with Gasteiger partial charge in [-0.3, -0.25) is 14.7 Å². The predicted octanol–water partition coefficient (Wildman–Crippen LogP) is 0.688. The number of likely N-dealkylation sites (tertiary alicyclic amines) is 1. The zero-order valence-corrected chi connectivity index (χ0v) is 19.0. The van der Waals surface area contributed by atoms with E-state index in [9.17, 15) is 14.3 Å². The molecule has 0 radical (unpaired) electrons. The van der Waals surface area contributed by atoms with Crippen molar-refractivity contribution in [3.8, 4) is 5.75 Å². The second-order valence-electron chi connectivity index (χ2n) is 6.80. The standard InChI is InChI=1S/C19H30FN5O3.HI/c1-2-22-19(24-15-7-9-25(10-8-15)12-18(21)27)23-11-16(26)13-28-17-5-3-14(20)4-6-17;/h3-6,15-16,26H,2,7-13H2,1H3,(H2,21,27)(H2,22,23,24);1H. The molecular formula is C19H31FIN5O3. The number of rotatable bonds is 9. The Hall–Kier alpha value is -1.66. The van der Waals surface area contributed by atoms with Crippen molar-refractivity contribution in [2.45, 2.75) is 31.9 Å². The molecule has 10 heteroatoms. The second kappa shape index (κ2) is 13.5. The number of nitrogens with zero attached hydrogens (tertiary/aromatic N) is 2. The molecule has 1 aliphatic heterocycles. The largest absolute Gasteiger partial charge is 0.491 e. The average Bonchev–Trinajstić information content (AvgIpc) is 2.67. The topological polar surface area (TPSA) is 112 Å². The number of aliphatic imine (C=N–C) groups is 1. The molecule has 0 bridgehead atoms. The summed E-state index contributed by atoms with van der Waals surface area (Å²) in [4.78, 5) is 17.5. The first-order chi connectivity index (χ1) is 13.5. The third-order valence-electron chi connectivity index (χ3n) is 4.37. The van der Waals surface area contributed by atoms with Crippen LogP contribution < -0.4 is 21.1 Å². The molecular weight excluding hydrogens is 492 g/mol. The number of benzene rings is 1. The Bertz CT molecular complexity index is 639. The van der Waals surface area contributed by atoms with Crippen molar-refractivity contribution in [1.29, 1.82) is 0 Å². The summed E-state index contributed by atoms with van der Waals surface area (Å²) in [7, 11) is 0. The van der Waals surface area contributed by atoms with Crippen LogP contribution >= 0.6 is 24.0 Å². The number of aliphatic hydroxyl groups excluding tert-OH is 1. The van der Waals surface area contributed by atoms with Crippen molar-refractivity contribution in [2.24, 2.45) is 10.7 Å². The first-order valence-corrected chi connectivity index (χ1v) is 9.58. The van der Waals surface area contributed by atoms with E-state index >= 15 is 0 Å². The summed E-state index contributed by atoms with van der Waals surface area (Å²) in [5.41, 5.74) is 5.24. The van der Waals surface area contributed by atoms with Crippen LogP contribution in [0.4, 0.5) is 4.39 Å². The Morgan fingerprint density at radius 3 is 2.62 bits per heavy atom. The summed E-state index contributed by atoms with van der Waals surface area (Å²) in [5.74, 6) is 0.492. The SMILES string of the molecule is CCNC(=NCC(O)COc1ccc(F)cc1)NC1CCN(CC(N)=O)CC1.I. The highest BCUT2D eigenvalue weighted by molar-refractivity contribution is 14.0. The minimum absolute atomic E-state index is 0. The third kappa shape index (κ3) is 10.1. The molecule has 29 heavy (non-hydrogen) atoms. The molecule has 1 aromatic rings. The summed E-state index contributed by atoms with van der Waals surface area (Å²) >= 11 is 0. The van der Waals surface area contributed by atoms with Crippen LogP contribution in [0.2, 0.25) is 0 Å². The lowest BCUT2D eigenvalue weighted by molar-refractivity contribution is -0.119. The fraction of sp³-hybridized carbons (Fsp3) is 0.579. The fourth-order valence-electron chi connectivity index (χ4n) is 2.94. The maximum absolute atomic E-state index is 12.9. The molecule has 0 aromatic heterocycles. The van der Waals surface area contributed by atoms with Crippen LogP contribution in [0.25, 0.3) is 0 Å². The minimum Gasteiger partial charge on any atom is -0.491 e. The van der Waals surface area contributed by atoms with E-state index < -0.39 is 6.10 Å². The molecule has 8 nitrogen and oxygen atoms in total. The number of primary amides is 1. The van der Waals surface area contributed by atoms with Crippen LogP contribution in [-0.2, 0) is 4.79 Å². The normalized spacial score (nSPS) is 16.6. The Balaban J connectivity index is 0.00000420. The highest BCUT2D eigenvalue weighted by Gasteiger charge is 2.21. The zero-order valence-electron chi connectivity index (χ0n) is 16.6. The van der Waals surface area contributed by atoms with E-state index in [0.29, 0.717) is 24.8 Å². The monoisotopic (exact) mass is 523 g/mol. The van der Waals surface area contributed by atoms with Crippen molar-refractivity contribution in [3.05, 3.63) is 30.1 Å². The Morgan fingerprint density at radius 1 is 1.38 bits per heavy atom. The molecule has 1 amide bonds. The molecule has 0 spiro atoms. The zero-order chi connectivity index (χ0) is 20.4. The predicted molar refractivity (Wildman–Crippen MR) is 121 cm³/mol. The third-order valence-corrected chi connectivity index (χ3v) is 4.37. The lowest BCUT2D eigenvalue weighted by Crippen LogP contribution is -2.50. The molecule has 1 aromatic carbocycles. The number of piperidine rings is 1. The van der Waals surface area contributed by atoms with Gasteiger partial charge in [0.25, 0.3) is 0 Å². The molecule has 2 rings (SSSR count). The number of nitrogens with one attached hydrogen (secondary N) is 2. The molecule has 1 fully saturated rings. The Labute approximate surface area is 188 Å². The maximum Gasteiger partial charge on any atom is 0.231 e. The van der Waals surface area contributed by atoms with E-state index in [0.717, 1.165) is 25.9 Å². The summed E-state index contributed by atoms with van der Waals surface area (Å²) in [6, 6.07) is 5.89. The van der Waals surface area contributed by atoms with E-state index in [2.05, 4.69) is 15.6 Å². The molecule has 5 N–H and O–H groups in total. The van der Waals surface area contributed by atoms with Gasteiger partial charge in [-0.1, -0.05) is 0 Å². The first kappa shape index (κ1) is 25.4. The molecule has 1 unspecified atom stereocenters. The Morgan fingerprint density at radius 2 is 2.03 bits per heavy atom. The van der Waals surface area contributed by atoms with Crippen LogP contribution in [0, 0.1) is 5.82 Å². The van der Waals surface area contributed by atoms with Gasteiger partial charge in [-0.15, -0.1) is 24.0 Å². The van der Waals surface area contributed by atoms with E-state index in [-0.39, 0.29) is 54.9 Å². The van der Waals surface area contributed by atoms with E-state index in [1.54, 1.807) is 0 Å². The summed E-state index contributed by atoms with van der Waals surface area (Å²) < 4.78 is 18.3. The average molecular weight is 523 g/mol. The molecule has 1 heterocycles. The number of hydrogen-bond donors (Lipinski definition) is 4. The number of nitrogens with two attached hydrogens (primary N) is 1. The summed E-state index contributed by atoms with van der Waals surface area (Å²) in [6.45, 7) is 4.82. The number of carbonyl (C=O) groups is 1. The van der Waals surface area contributed by atoms with Crippen molar-refractivity contribution >= 4 is 35.8 Å². The molecule has 164 valence electrons. The van der Waals surface area contributed by atoms with Gasteiger partial charge in [-0.25, -0.2) is 4.39 Å². The number of aliphatic hydroxyl groups is 1.